The number of fused-ring (bicyclic) bond motifs is 9. The number of para-hydroxylation sites is 2. The highest BCUT2D eigenvalue weighted by Crippen LogP contribution is 2.45. The van der Waals surface area contributed by atoms with E-state index in [9.17, 15) is 0 Å². The van der Waals surface area contributed by atoms with Gasteiger partial charge in [0.2, 0.25) is 0 Å². The number of nitrogens with zero attached hydrogens (tertiary/aromatic N) is 1. The lowest BCUT2D eigenvalue weighted by atomic mass is 9.83. The molecule has 47 heavy (non-hydrogen) atoms. The molecule has 0 spiro atoms. The summed E-state index contributed by atoms with van der Waals surface area (Å²) >= 11 is 1.86. The third kappa shape index (κ3) is 4.37. The van der Waals surface area contributed by atoms with Crippen LogP contribution in [0.3, 0.4) is 0 Å². The number of thiophene rings is 1. The van der Waals surface area contributed by atoms with Crippen LogP contribution in [0.25, 0.3) is 63.7 Å². The van der Waals surface area contributed by atoms with Gasteiger partial charge in [0.1, 0.15) is 5.58 Å². The molecular weight excluding hydrogens is 591 g/mol. The third-order valence-electron chi connectivity index (χ3n) is 10.4. The number of anilines is 3. The second-order valence-corrected chi connectivity index (χ2v) is 14.2. The van der Waals surface area contributed by atoms with Gasteiger partial charge < -0.3 is 9.32 Å². The van der Waals surface area contributed by atoms with Crippen LogP contribution in [0.4, 0.5) is 17.1 Å². The minimum absolute atomic E-state index is 0.707. The smallest absolute Gasteiger partial charge is 0.159 e. The van der Waals surface area contributed by atoms with E-state index < -0.39 is 0 Å². The zero-order chi connectivity index (χ0) is 30.9. The maximum absolute atomic E-state index is 6.61. The van der Waals surface area contributed by atoms with E-state index in [0.29, 0.717) is 5.92 Å². The van der Waals surface area contributed by atoms with Gasteiger partial charge in [-0.2, -0.15) is 0 Å². The van der Waals surface area contributed by atoms with Crippen LogP contribution in [-0.4, -0.2) is 0 Å². The molecule has 1 aliphatic rings. The molecule has 3 heteroatoms. The van der Waals surface area contributed by atoms with Crippen molar-refractivity contribution in [2.45, 2.75) is 38.0 Å². The highest BCUT2D eigenvalue weighted by Gasteiger charge is 2.21. The quantitative estimate of drug-likeness (QED) is 0.181. The summed E-state index contributed by atoms with van der Waals surface area (Å²) in [6.07, 6.45) is 6.75. The zero-order valence-electron chi connectivity index (χ0n) is 26.1. The first-order chi connectivity index (χ1) is 23.3. The molecule has 0 N–H and O–H groups in total. The topological polar surface area (TPSA) is 16.4 Å². The lowest BCUT2D eigenvalue weighted by Crippen LogP contribution is -2.10. The first-order valence-electron chi connectivity index (χ1n) is 16.9. The lowest BCUT2D eigenvalue weighted by Gasteiger charge is -2.26. The molecule has 0 amide bonds. The van der Waals surface area contributed by atoms with Crippen molar-refractivity contribution in [3.63, 3.8) is 0 Å². The molecule has 2 heterocycles. The van der Waals surface area contributed by atoms with Gasteiger partial charge in [0, 0.05) is 42.3 Å². The predicted octanol–water partition coefficient (Wildman–Crippen LogP) is 13.8. The Kier molecular flexibility index (Phi) is 6.17. The molecule has 7 aromatic carbocycles. The van der Waals surface area contributed by atoms with Gasteiger partial charge in [0.05, 0.1) is 5.69 Å². The molecule has 226 valence electrons. The van der Waals surface area contributed by atoms with E-state index >= 15 is 0 Å². The Balaban J connectivity index is 1.16. The molecule has 0 atom stereocenters. The van der Waals surface area contributed by atoms with Crippen LogP contribution in [0.2, 0.25) is 0 Å². The Morgan fingerprint density at radius 3 is 2.06 bits per heavy atom. The van der Waals surface area contributed by atoms with Crippen LogP contribution in [0, 0.1) is 0 Å². The first-order valence-corrected chi connectivity index (χ1v) is 17.7. The normalized spacial score (nSPS) is 14.3. The summed E-state index contributed by atoms with van der Waals surface area (Å²) in [7, 11) is 0. The number of benzene rings is 7. The Morgan fingerprint density at radius 1 is 0.511 bits per heavy atom. The summed E-state index contributed by atoms with van der Waals surface area (Å²) in [5.74, 6) is 0.707. The van der Waals surface area contributed by atoms with E-state index in [1.165, 1.54) is 79.4 Å². The summed E-state index contributed by atoms with van der Waals surface area (Å²) in [5, 5.41) is 10.1. The van der Waals surface area contributed by atoms with Crippen LogP contribution >= 0.6 is 11.3 Å². The Labute approximate surface area is 277 Å². The maximum atomic E-state index is 6.61. The van der Waals surface area contributed by atoms with Crippen molar-refractivity contribution in [3.05, 3.63) is 139 Å². The van der Waals surface area contributed by atoms with Gasteiger partial charge >= 0.3 is 0 Å². The first kappa shape index (κ1) is 27.0. The van der Waals surface area contributed by atoms with Crippen molar-refractivity contribution < 1.29 is 4.42 Å². The zero-order valence-corrected chi connectivity index (χ0v) is 26.9. The Hall–Kier alpha value is -5.12. The predicted molar refractivity (Wildman–Crippen MR) is 202 cm³/mol. The summed E-state index contributed by atoms with van der Waals surface area (Å²) < 4.78 is 9.21. The van der Waals surface area contributed by atoms with Crippen molar-refractivity contribution in [2.24, 2.45) is 0 Å². The largest absolute Gasteiger partial charge is 0.454 e. The minimum Gasteiger partial charge on any atom is -0.454 e. The van der Waals surface area contributed by atoms with Gasteiger partial charge in [-0.1, -0.05) is 110 Å². The molecule has 0 bridgehead atoms. The molecule has 1 fully saturated rings. The van der Waals surface area contributed by atoms with Gasteiger partial charge in [0.25, 0.3) is 0 Å². The van der Waals surface area contributed by atoms with Crippen molar-refractivity contribution in [1.82, 2.24) is 0 Å². The average Bonchev–Trinajstić information content (AvgIpc) is 3.70. The summed E-state index contributed by atoms with van der Waals surface area (Å²) in [6, 6.07) is 49.3. The van der Waals surface area contributed by atoms with Gasteiger partial charge in [-0.15, -0.1) is 11.3 Å². The number of furan rings is 1. The van der Waals surface area contributed by atoms with E-state index in [1.54, 1.807) is 0 Å². The molecule has 0 aliphatic heterocycles. The van der Waals surface area contributed by atoms with E-state index in [2.05, 4.69) is 132 Å². The SMILES string of the molecule is c1ccc2c(c1)oc1c(N(c3ccc4c(ccc5cc(C6CCCCC6)ccc54)c3)c3ccc4c(c3)sc3ccccc34)cccc12. The van der Waals surface area contributed by atoms with Gasteiger partial charge in [0.15, 0.2) is 5.58 Å². The second-order valence-electron chi connectivity index (χ2n) is 13.2. The molecule has 2 nitrogen and oxygen atoms in total. The highest BCUT2D eigenvalue weighted by atomic mass is 32.1. The molecule has 10 rings (SSSR count). The summed E-state index contributed by atoms with van der Waals surface area (Å²) in [5.41, 5.74) is 6.59. The molecule has 2 aromatic heterocycles. The van der Waals surface area contributed by atoms with Crippen molar-refractivity contribution in [2.75, 3.05) is 4.90 Å². The van der Waals surface area contributed by atoms with Crippen LogP contribution in [0.5, 0.6) is 0 Å². The number of hydrogen-bond acceptors (Lipinski definition) is 3. The summed E-state index contributed by atoms with van der Waals surface area (Å²) in [6.45, 7) is 0. The fourth-order valence-corrected chi connectivity index (χ4v) is 9.23. The minimum atomic E-state index is 0.707. The van der Waals surface area contributed by atoms with E-state index in [0.717, 1.165) is 39.0 Å². The van der Waals surface area contributed by atoms with Crippen LogP contribution in [-0.2, 0) is 0 Å². The van der Waals surface area contributed by atoms with Crippen LogP contribution < -0.4 is 4.90 Å². The van der Waals surface area contributed by atoms with E-state index in [1.807, 2.05) is 17.4 Å². The van der Waals surface area contributed by atoms with Gasteiger partial charge in [-0.3, -0.25) is 0 Å². The van der Waals surface area contributed by atoms with Gasteiger partial charge in [-0.05, 0) is 88.3 Å². The van der Waals surface area contributed by atoms with Crippen molar-refractivity contribution in [3.8, 4) is 0 Å². The molecule has 9 aromatic rings. The highest BCUT2D eigenvalue weighted by molar-refractivity contribution is 7.25. The Morgan fingerprint density at radius 2 is 1.19 bits per heavy atom. The standard InChI is InChI=1S/C44H33NOS/c1-2-9-28(10-3-1)29-19-22-34-30(25-29)17-18-31-26-32(20-23-35(31)34)45(33-21-24-38-37-12-5-7-16-42(37)47-43(38)27-33)40-14-8-13-39-36-11-4-6-15-41(36)46-44(39)40/h4-8,11-28H,1-3,9-10H2. The van der Waals surface area contributed by atoms with Crippen molar-refractivity contribution in [1.29, 1.82) is 0 Å². The molecular formula is C44H33NOS. The lowest BCUT2D eigenvalue weighted by molar-refractivity contribution is 0.444. The average molecular weight is 624 g/mol. The molecule has 0 unspecified atom stereocenters. The maximum Gasteiger partial charge on any atom is 0.159 e. The number of rotatable bonds is 4. The van der Waals surface area contributed by atoms with Crippen molar-refractivity contribution >= 4 is 92.1 Å². The van der Waals surface area contributed by atoms with Crippen LogP contribution in [0.1, 0.15) is 43.6 Å². The van der Waals surface area contributed by atoms with Gasteiger partial charge in [-0.25, -0.2) is 0 Å². The second kappa shape index (κ2) is 10.7. The summed E-state index contributed by atoms with van der Waals surface area (Å²) in [4.78, 5) is 2.38. The Bertz CT molecular complexity index is 2640. The molecule has 1 aliphatic carbocycles. The van der Waals surface area contributed by atoms with Crippen LogP contribution in [0.15, 0.2) is 138 Å². The fourth-order valence-electron chi connectivity index (χ4n) is 8.10. The molecule has 0 radical (unpaired) electrons. The molecule has 0 saturated heterocycles. The third-order valence-corrected chi connectivity index (χ3v) is 11.6. The van der Waals surface area contributed by atoms with E-state index in [-0.39, 0.29) is 0 Å². The number of hydrogen-bond donors (Lipinski definition) is 0. The molecule has 1 saturated carbocycles. The monoisotopic (exact) mass is 623 g/mol. The fraction of sp³-hybridized carbons (Fsp3) is 0.136. The van der Waals surface area contributed by atoms with E-state index in [4.69, 9.17) is 4.42 Å².